The van der Waals surface area contributed by atoms with Gasteiger partial charge in [0.25, 0.3) is 5.91 Å². The zero-order chi connectivity index (χ0) is 22.2. The molecule has 3 amide bonds. The molecule has 32 heavy (non-hydrogen) atoms. The van der Waals surface area contributed by atoms with Crippen molar-refractivity contribution in [2.24, 2.45) is 10.9 Å². The molecule has 0 radical (unpaired) electrons. The van der Waals surface area contributed by atoms with Crippen LogP contribution in [0.4, 0.5) is 0 Å². The lowest BCUT2D eigenvalue weighted by molar-refractivity contribution is -0.134. The third-order valence-corrected chi connectivity index (χ3v) is 6.09. The van der Waals surface area contributed by atoms with Crippen LogP contribution in [0.25, 0.3) is 0 Å². The molecule has 1 unspecified atom stereocenters. The summed E-state index contributed by atoms with van der Waals surface area (Å²) < 4.78 is 15.8. The molecule has 10 nitrogen and oxygen atoms in total. The number of piperazine rings is 1. The monoisotopic (exact) mass is 456 g/mol. The molecule has 0 bridgehead atoms. The van der Waals surface area contributed by atoms with Crippen LogP contribution in [0.3, 0.4) is 0 Å². The number of hydrogen-bond acceptors (Lipinski definition) is 7. The molecule has 1 aliphatic carbocycles. The summed E-state index contributed by atoms with van der Waals surface area (Å²) in [4.78, 5) is 47.1. The largest absolute Gasteiger partial charge is 0.459 e. The first-order valence-corrected chi connectivity index (χ1v) is 10.7. The Morgan fingerprint density at radius 3 is 2.62 bits per heavy atom. The van der Waals surface area contributed by atoms with Gasteiger partial charge in [-0.05, 0) is 30.4 Å². The van der Waals surface area contributed by atoms with Gasteiger partial charge in [-0.1, -0.05) is 0 Å². The van der Waals surface area contributed by atoms with E-state index in [4.69, 9.17) is 26.1 Å². The Labute approximate surface area is 188 Å². The van der Waals surface area contributed by atoms with Crippen molar-refractivity contribution in [1.82, 2.24) is 14.7 Å². The molecule has 2 fully saturated rings. The second-order valence-corrected chi connectivity index (χ2v) is 8.00. The molecular formula is C21H20N4O6S. The Hall–Kier alpha value is -3.47. The highest BCUT2D eigenvalue weighted by atomic mass is 32.1. The van der Waals surface area contributed by atoms with E-state index in [2.05, 4.69) is 4.99 Å². The van der Waals surface area contributed by atoms with Crippen molar-refractivity contribution in [1.29, 1.82) is 0 Å². The molecule has 166 valence electrons. The van der Waals surface area contributed by atoms with Crippen LogP contribution in [0.1, 0.15) is 17.0 Å². The van der Waals surface area contributed by atoms with Crippen LogP contribution in [-0.2, 0) is 19.1 Å². The summed E-state index contributed by atoms with van der Waals surface area (Å²) in [6.07, 6.45) is 4.92. The highest BCUT2D eigenvalue weighted by Crippen LogP contribution is 2.31. The Morgan fingerprint density at radius 1 is 1.12 bits per heavy atom. The van der Waals surface area contributed by atoms with Crippen molar-refractivity contribution in [3.8, 4) is 0 Å². The van der Waals surface area contributed by atoms with Gasteiger partial charge >= 0.3 is 0 Å². The molecule has 0 N–H and O–H groups in total. The van der Waals surface area contributed by atoms with Crippen LogP contribution in [0.2, 0.25) is 0 Å². The third kappa shape index (κ3) is 3.68. The van der Waals surface area contributed by atoms with Crippen LogP contribution in [0.15, 0.2) is 51.5 Å². The van der Waals surface area contributed by atoms with Crippen LogP contribution >= 0.6 is 12.2 Å². The molecule has 4 heterocycles. The maximum Gasteiger partial charge on any atom is 0.289 e. The van der Waals surface area contributed by atoms with Crippen molar-refractivity contribution in [3.63, 3.8) is 0 Å². The molecule has 1 aromatic heterocycles. The van der Waals surface area contributed by atoms with E-state index in [0.29, 0.717) is 43.4 Å². The highest BCUT2D eigenvalue weighted by molar-refractivity contribution is 7.80. The van der Waals surface area contributed by atoms with Gasteiger partial charge in [0.2, 0.25) is 23.7 Å². The van der Waals surface area contributed by atoms with E-state index >= 15 is 0 Å². The lowest BCUT2D eigenvalue weighted by Crippen LogP contribution is -2.52. The van der Waals surface area contributed by atoms with Gasteiger partial charge in [-0.2, -0.15) is 0 Å². The van der Waals surface area contributed by atoms with Crippen molar-refractivity contribution < 1.29 is 28.3 Å². The minimum atomic E-state index is -0.603. The molecule has 1 aromatic rings. The SMILES string of the molecule is O=C(CCN1C(=O)C2C=C3OCOC3=CC2=NC1=S)N1CCN(C(=O)c2ccco2)CC1. The fourth-order valence-electron chi connectivity index (χ4n) is 4.02. The van der Waals surface area contributed by atoms with Gasteiger partial charge in [-0.15, -0.1) is 0 Å². The van der Waals surface area contributed by atoms with Gasteiger partial charge in [0.1, 0.15) is 5.92 Å². The van der Waals surface area contributed by atoms with Crippen LogP contribution in [0, 0.1) is 5.92 Å². The number of carbonyl (C=O) groups excluding carboxylic acids is 3. The smallest absolute Gasteiger partial charge is 0.289 e. The summed E-state index contributed by atoms with van der Waals surface area (Å²) in [5, 5.41) is 0.135. The molecular weight excluding hydrogens is 436 g/mol. The minimum Gasteiger partial charge on any atom is -0.459 e. The topological polar surface area (TPSA) is 105 Å². The number of thiocarbonyl (C=S) groups is 1. The highest BCUT2D eigenvalue weighted by Gasteiger charge is 2.38. The third-order valence-electron chi connectivity index (χ3n) is 5.78. The number of aliphatic imine (C=N–C) groups is 1. The van der Waals surface area contributed by atoms with E-state index in [-0.39, 0.29) is 48.4 Å². The lowest BCUT2D eigenvalue weighted by Gasteiger charge is -2.35. The number of ether oxygens (including phenoxy) is 2. The van der Waals surface area contributed by atoms with Gasteiger partial charge in [-0.3, -0.25) is 19.3 Å². The van der Waals surface area contributed by atoms with E-state index < -0.39 is 5.92 Å². The first-order chi connectivity index (χ1) is 15.5. The second-order valence-electron chi connectivity index (χ2n) is 7.63. The first-order valence-electron chi connectivity index (χ1n) is 10.3. The Bertz CT molecular complexity index is 1070. The lowest BCUT2D eigenvalue weighted by atomic mass is 9.94. The maximum absolute atomic E-state index is 13.0. The Kier molecular flexibility index (Phi) is 5.25. The molecule has 0 aromatic carbocycles. The maximum atomic E-state index is 13.0. The summed E-state index contributed by atoms with van der Waals surface area (Å²) in [6.45, 7) is 1.94. The molecule has 1 atom stereocenters. The molecule has 0 spiro atoms. The molecule has 11 heteroatoms. The summed E-state index contributed by atoms with van der Waals surface area (Å²) in [7, 11) is 0. The van der Waals surface area contributed by atoms with Crippen molar-refractivity contribution >= 4 is 40.8 Å². The number of hydrogen-bond donors (Lipinski definition) is 0. The summed E-state index contributed by atoms with van der Waals surface area (Å²) in [5.74, 6) is 0.231. The summed E-state index contributed by atoms with van der Waals surface area (Å²) >= 11 is 5.30. The summed E-state index contributed by atoms with van der Waals surface area (Å²) in [6, 6.07) is 3.29. The summed E-state index contributed by atoms with van der Waals surface area (Å²) in [5.41, 5.74) is 0.518. The number of amides is 3. The van der Waals surface area contributed by atoms with Crippen LogP contribution in [0.5, 0.6) is 0 Å². The van der Waals surface area contributed by atoms with Crippen LogP contribution < -0.4 is 0 Å². The molecule has 5 rings (SSSR count). The first kappa shape index (κ1) is 20.4. The van der Waals surface area contributed by atoms with Gasteiger partial charge < -0.3 is 23.7 Å². The predicted octanol–water partition coefficient (Wildman–Crippen LogP) is 0.924. The quantitative estimate of drug-likeness (QED) is 0.621. The fourth-order valence-corrected chi connectivity index (χ4v) is 4.31. The van der Waals surface area contributed by atoms with E-state index in [1.807, 2.05) is 0 Å². The molecule has 4 aliphatic rings. The van der Waals surface area contributed by atoms with E-state index in [1.54, 1.807) is 34.1 Å². The number of rotatable bonds is 4. The van der Waals surface area contributed by atoms with Crippen molar-refractivity contribution in [2.75, 3.05) is 39.5 Å². The number of carbonyl (C=O) groups is 3. The normalized spacial score (nSPS) is 22.3. The number of nitrogens with zero attached hydrogens (tertiary/aromatic N) is 4. The zero-order valence-electron chi connectivity index (χ0n) is 17.1. The van der Waals surface area contributed by atoms with E-state index in [0.717, 1.165) is 0 Å². The van der Waals surface area contributed by atoms with Gasteiger partial charge in [0, 0.05) is 45.2 Å². The average Bonchev–Trinajstić information content (AvgIpc) is 3.49. The zero-order valence-corrected chi connectivity index (χ0v) is 17.9. The van der Waals surface area contributed by atoms with E-state index in [9.17, 15) is 14.4 Å². The molecule has 2 saturated heterocycles. The fraction of sp³-hybridized carbons (Fsp3) is 0.381. The second kappa shape index (κ2) is 8.23. The van der Waals surface area contributed by atoms with Crippen molar-refractivity contribution in [3.05, 3.63) is 47.8 Å². The van der Waals surface area contributed by atoms with Gasteiger partial charge in [0.05, 0.1) is 12.0 Å². The Morgan fingerprint density at radius 2 is 1.88 bits per heavy atom. The molecule has 0 saturated carbocycles. The molecule has 3 aliphatic heterocycles. The number of fused-ring (bicyclic) bond motifs is 2. The number of allylic oxidation sites excluding steroid dienone is 1. The van der Waals surface area contributed by atoms with Crippen molar-refractivity contribution in [2.45, 2.75) is 6.42 Å². The van der Waals surface area contributed by atoms with E-state index in [1.165, 1.54) is 11.2 Å². The average molecular weight is 456 g/mol. The Balaban J connectivity index is 1.16. The predicted molar refractivity (Wildman–Crippen MR) is 114 cm³/mol. The minimum absolute atomic E-state index is 0.0998. The van der Waals surface area contributed by atoms with Gasteiger partial charge in [0.15, 0.2) is 17.3 Å². The van der Waals surface area contributed by atoms with Gasteiger partial charge in [-0.25, -0.2) is 4.99 Å². The van der Waals surface area contributed by atoms with Crippen LogP contribution in [-0.4, -0.2) is 82.8 Å². The standard InChI is InChI=1S/C21H20N4O6S/c26-18(23-5-7-24(8-6-23)20(28)15-2-1-9-29-15)3-4-25-19(27)13-10-16-17(31-12-30-16)11-14(13)22-21(25)32/h1-2,9-11,13H,3-8,12H2. The number of furan rings is 1.